The highest BCUT2D eigenvalue weighted by molar-refractivity contribution is 6.06. The second-order valence-corrected chi connectivity index (χ2v) is 6.93. The largest absolute Gasteiger partial charge is 0.378 e. The third kappa shape index (κ3) is 3.58. The van der Waals surface area contributed by atoms with Crippen LogP contribution in [0.3, 0.4) is 0 Å². The molecule has 2 atom stereocenters. The van der Waals surface area contributed by atoms with Crippen molar-refractivity contribution in [1.29, 1.82) is 5.26 Å². The maximum atomic E-state index is 11.9. The number of primary amides is 1. The molecule has 1 saturated heterocycles. The van der Waals surface area contributed by atoms with E-state index in [1.54, 1.807) is 25.6 Å². The predicted molar refractivity (Wildman–Crippen MR) is 109 cm³/mol. The Morgan fingerprint density at radius 2 is 2.24 bits per heavy atom. The molecule has 0 saturated carbocycles. The Hall–Kier alpha value is -3.64. The number of carbonyl (C=O) groups is 1. The highest BCUT2D eigenvalue weighted by Gasteiger charge is 2.31. The van der Waals surface area contributed by atoms with E-state index in [2.05, 4.69) is 31.2 Å². The van der Waals surface area contributed by atoms with E-state index < -0.39 is 5.91 Å². The third-order valence-corrected chi connectivity index (χ3v) is 5.24. The average molecular weight is 391 g/mol. The van der Waals surface area contributed by atoms with Gasteiger partial charge in [-0.05, 0) is 24.6 Å². The summed E-state index contributed by atoms with van der Waals surface area (Å²) in [6.45, 7) is 1.38. The molecule has 0 spiro atoms. The van der Waals surface area contributed by atoms with Crippen LogP contribution in [0.25, 0.3) is 11.0 Å². The lowest BCUT2D eigenvalue weighted by Crippen LogP contribution is -2.51. The van der Waals surface area contributed by atoms with E-state index in [0.29, 0.717) is 29.0 Å². The van der Waals surface area contributed by atoms with Crippen LogP contribution in [0.1, 0.15) is 22.3 Å². The number of amides is 1. The molecule has 1 amide bonds. The number of methoxy groups -OCH3 is 1. The van der Waals surface area contributed by atoms with E-state index in [9.17, 15) is 4.79 Å². The van der Waals surface area contributed by atoms with Crippen LogP contribution in [0.4, 0.5) is 11.5 Å². The topological polar surface area (TPSA) is 133 Å². The number of H-pyrrole nitrogens is 1. The van der Waals surface area contributed by atoms with Gasteiger partial charge in [0, 0.05) is 44.2 Å². The van der Waals surface area contributed by atoms with Crippen molar-refractivity contribution in [2.45, 2.75) is 18.6 Å². The zero-order chi connectivity index (χ0) is 20.4. The van der Waals surface area contributed by atoms with Gasteiger partial charge in [0.1, 0.15) is 17.5 Å². The van der Waals surface area contributed by atoms with Gasteiger partial charge in [0.25, 0.3) is 5.91 Å². The molecule has 1 aliphatic heterocycles. The summed E-state index contributed by atoms with van der Waals surface area (Å²) in [6, 6.07) is 7.53. The van der Waals surface area contributed by atoms with Crippen LogP contribution < -0.4 is 16.0 Å². The zero-order valence-electron chi connectivity index (χ0n) is 15.9. The molecule has 0 bridgehead atoms. The first kappa shape index (κ1) is 18.7. The molecule has 0 unspecified atom stereocenters. The summed E-state index contributed by atoms with van der Waals surface area (Å²) in [6.07, 6.45) is 5.47. The summed E-state index contributed by atoms with van der Waals surface area (Å²) < 4.78 is 5.74. The molecule has 1 aliphatic rings. The lowest BCUT2D eigenvalue weighted by atomic mass is 10.00. The first-order valence-corrected chi connectivity index (χ1v) is 9.27. The first-order chi connectivity index (χ1) is 14.1. The normalized spacial score (nSPS) is 19.1. The molecule has 9 nitrogen and oxygen atoms in total. The predicted octanol–water partition coefficient (Wildman–Crippen LogP) is 1.63. The van der Waals surface area contributed by atoms with Crippen molar-refractivity contribution in [2.24, 2.45) is 5.73 Å². The fourth-order valence-electron chi connectivity index (χ4n) is 3.70. The van der Waals surface area contributed by atoms with Gasteiger partial charge in [0.2, 0.25) is 0 Å². The number of hydrogen-bond acceptors (Lipinski definition) is 7. The van der Waals surface area contributed by atoms with Crippen molar-refractivity contribution in [3.05, 3.63) is 47.9 Å². The van der Waals surface area contributed by atoms with Crippen molar-refractivity contribution >= 4 is 28.4 Å². The number of nitrogens with one attached hydrogen (secondary N) is 2. The summed E-state index contributed by atoms with van der Waals surface area (Å²) >= 11 is 0. The van der Waals surface area contributed by atoms with E-state index in [0.717, 1.165) is 24.2 Å². The fourth-order valence-corrected chi connectivity index (χ4v) is 3.70. The number of nitriles is 1. The SMILES string of the molecule is CO[C@@H]1CN(c2ccc(C#N)cn2)CC[C@@H]1Nc1c(C(N)=O)cnc2[nH]ccc12. The molecule has 4 heterocycles. The number of carbonyl (C=O) groups excluding carboxylic acids is 1. The standard InChI is InChI=1S/C20H21N7O2/c1-29-16-11-27(17-3-2-12(8-21)9-24-17)7-5-15(16)26-18-13-4-6-23-20(13)25-10-14(18)19(22)28/h2-4,6,9-10,15-16H,5,7,11H2,1H3,(H2,22,28)(H2,23,25,26)/t15-,16+/m0/s1. The van der Waals surface area contributed by atoms with Gasteiger partial charge < -0.3 is 25.7 Å². The molecule has 1 fully saturated rings. The fraction of sp³-hybridized carbons (Fsp3) is 0.300. The minimum absolute atomic E-state index is 0.0202. The van der Waals surface area contributed by atoms with E-state index in [-0.39, 0.29) is 12.1 Å². The summed E-state index contributed by atoms with van der Waals surface area (Å²) in [5.74, 6) is 0.274. The maximum Gasteiger partial charge on any atom is 0.252 e. The Kier molecular flexibility index (Phi) is 5.01. The lowest BCUT2D eigenvalue weighted by Gasteiger charge is -2.39. The summed E-state index contributed by atoms with van der Waals surface area (Å²) in [4.78, 5) is 25.7. The molecule has 3 aromatic heterocycles. The van der Waals surface area contributed by atoms with Gasteiger partial charge in [0.15, 0.2) is 0 Å². The van der Waals surface area contributed by atoms with Crippen LogP contribution in [-0.4, -0.2) is 53.2 Å². The number of aromatic nitrogens is 3. The number of anilines is 2. The second kappa shape index (κ2) is 7.77. The molecule has 148 valence electrons. The smallest absolute Gasteiger partial charge is 0.252 e. The van der Waals surface area contributed by atoms with Crippen LogP contribution >= 0.6 is 0 Å². The molecular formula is C20H21N7O2. The van der Waals surface area contributed by atoms with Crippen LogP contribution in [-0.2, 0) is 4.74 Å². The molecule has 3 aromatic rings. The maximum absolute atomic E-state index is 11.9. The molecular weight excluding hydrogens is 370 g/mol. The van der Waals surface area contributed by atoms with Gasteiger partial charge in [-0.25, -0.2) is 9.97 Å². The summed E-state index contributed by atoms with van der Waals surface area (Å²) in [7, 11) is 1.67. The molecule has 4 rings (SSSR count). The lowest BCUT2D eigenvalue weighted by molar-refractivity contribution is 0.0788. The van der Waals surface area contributed by atoms with E-state index >= 15 is 0 Å². The van der Waals surface area contributed by atoms with Crippen LogP contribution in [0, 0.1) is 11.3 Å². The van der Waals surface area contributed by atoms with Crippen molar-refractivity contribution in [1.82, 2.24) is 15.0 Å². The molecule has 0 aliphatic carbocycles. The minimum Gasteiger partial charge on any atom is -0.378 e. The van der Waals surface area contributed by atoms with Crippen LogP contribution in [0.5, 0.6) is 0 Å². The van der Waals surface area contributed by atoms with Gasteiger partial charge in [-0.3, -0.25) is 4.79 Å². The molecule has 29 heavy (non-hydrogen) atoms. The van der Waals surface area contributed by atoms with E-state index in [1.165, 1.54) is 6.20 Å². The first-order valence-electron chi connectivity index (χ1n) is 9.27. The molecule has 4 N–H and O–H groups in total. The number of nitrogens with zero attached hydrogens (tertiary/aromatic N) is 4. The number of fused-ring (bicyclic) bond motifs is 1. The zero-order valence-corrected chi connectivity index (χ0v) is 15.9. The van der Waals surface area contributed by atoms with Crippen molar-refractivity contribution in [3.8, 4) is 6.07 Å². The molecule has 0 aromatic carbocycles. The highest BCUT2D eigenvalue weighted by atomic mass is 16.5. The number of pyridine rings is 2. The number of nitrogens with two attached hydrogens (primary N) is 1. The van der Waals surface area contributed by atoms with E-state index in [1.807, 2.05) is 12.1 Å². The van der Waals surface area contributed by atoms with E-state index in [4.69, 9.17) is 15.7 Å². The number of piperidine rings is 1. The Labute approximate surface area is 167 Å². The number of aromatic amines is 1. The van der Waals surface area contributed by atoms with Gasteiger partial charge in [-0.1, -0.05) is 0 Å². The van der Waals surface area contributed by atoms with Gasteiger partial charge in [-0.15, -0.1) is 0 Å². The average Bonchev–Trinajstić information content (AvgIpc) is 3.23. The quantitative estimate of drug-likeness (QED) is 0.602. The van der Waals surface area contributed by atoms with Crippen LogP contribution in [0.2, 0.25) is 0 Å². The Balaban J connectivity index is 1.57. The monoisotopic (exact) mass is 391 g/mol. The van der Waals surface area contributed by atoms with Crippen LogP contribution in [0.15, 0.2) is 36.8 Å². The molecule has 0 radical (unpaired) electrons. The third-order valence-electron chi connectivity index (χ3n) is 5.24. The Morgan fingerprint density at radius 3 is 2.93 bits per heavy atom. The minimum atomic E-state index is -0.531. The second-order valence-electron chi connectivity index (χ2n) is 6.93. The van der Waals surface area contributed by atoms with Crippen molar-refractivity contribution in [2.75, 3.05) is 30.4 Å². The van der Waals surface area contributed by atoms with Gasteiger partial charge in [0.05, 0.1) is 29.0 Å². The number of rotatable bonds is 5. The molecule has 9 heteroatoms. The Morgan fingerprint density at radius 1 is 1.38 bits per heavy atom. The highest BCUT2D eigenvalue weighted by Crippen LogP contribution is 2.29. The summed E-state index contributed by atoms with van der Waals surface area (Å²) in [5.41, 5.74) is 7.80. The summed E-state index contributed by atoms with van der Waals surface area (Å²) in [5, 5.41) is 13.2. The van der Waals surface area contributed by atoms with Gasteiger partial charge in [-0.2, -0.15) is 5.26 Å². The van der Waals surface area contributed by atoms with Gasteiger partial charge >= 0.3 is 0 Å². The Bertz CT molecular complexity index is 1070. The number of ether oxygens (including phenoxy) is 1. The van der Waals surface area contributed by atoms with Crippen molar-refractivity contribution < 1.29 is 9.53 Å². The number of hydrogen-bond donors (Lipinski definition) is 3. The van der Waals surface area contributed by atoms with Crippen molar-refractivity contribution in [3.63, 3.8) is 0 Å².